The summed E-state index contributed by atoms with van der Waals surface area (Å²) in [5.74, 6) is 2.08. The lowest BCUT2D eigenvalue weighted by atomic mass is 9.89. The summed E-state index contributed by atoms with van der Waals surface area (Å²) in [6.45, 7) is 4.32. The van der Waals surface area contributed by atoms with E-state index in [4.69, 9.17) is 4.98 Å². The van der Waals surface area contributed by atoms with Crippen LogP contribution < -0.4 is 5.32 Å². The van der Waals surface area contributed by atoms with Gasteiger partial charge < -0.3 is 5.32 Å². The number of nitrogens with one attached hydrogen (secondary N) is 1. The van der Waals surface area contributed by atoms with Crippen molar-refractivity contribution in [2.75, 3.05) is 5.75 Å². The number of rotatable bonds is 4. The van der Waals surface area contributed by atoms with Crippen LogP contribution in [0.3, 0.4) is 0 Å². The van der Waals surface area contributed by atoms with Crippen molar-refractivity contribution in [3.63, 3.8) is 0 Å². The van der Waals surface area contributed by atoms with Crippen molar-refractivity contribution < 1.29 is 4.79 Å². The van der Waals surface area contributed by atoms with Gasteiger partial charge in [0, 0.05) is 10.9 Å². The van der Waals surface area contributed by atoms with E-state index in [0.29, 0.717) is 11.8 Å². The number of aryl methyl sites for hydroxylation is 2. The summed E-state index contributed by atoms with van der Waals surface area (Å²) in [6.07, 6.45) is 8.10. The zero-order chi connectivity index (χ0) is 19.3. The van der Waals surface area contributed by atoms with Gasteiger partial charge in [0.05, 0.1) is 11.1 Å². The number of thioether (sulfide) groups is 1. The Morgan fingerprint density at radius 2 is 2.11 bits per heavy atom. The molecule has 6 nitrogen and oxygen atoms in total. The summed E-state index contributed by atoms with van der Waals surface area (Å²) in [6, 6.07) is 0.353. The summed E-state index contributed by atoms with van der Waals surface area (Å²) in [4.78, 5) is 19.7. The number of aromatic nitrogens is 4. The topological polar surface area (TPSA) is 72.2 Å². The molecule has 8 heteroatoms. The van der Waals surface area contributed by atoms with Crippen LogP contribution in [0.2, 0.25) is 0 Å². The first-order valence-electron chi connectivity index (χ1n) is 10.2. The molecule has 3 aromatic heterocycles. The molecule has 0 unspecified atom stereocenters. The molecule has 1 N–H and O–H groups in total. The number of carbonyl (C=O) groups is 1. The zero-order valence-electron chi connectivity index (χ0n) is 16.3. The highest BCUT2D eigenvalue weighted by atomic mass is 32.2. The first-order valence-corrected chi connectivity index (χ1v) is 12.0. The Morgan fingerprint density at radius 3 is 2.93 bits per heavy atom. The fourth-order valence-electron chi connectivity index (χ4n) is 4.53. The van der Waals surface area contributed by atoms with Gasteiger partial charge in [0.25, 0.3) is 0 Å². The van der Waals surface area contributed by atoms with Gasteiger partial charge in [-0.2, -0.15) is 0 Å². The quantitative estimate of drug-likeness (QED) is 0.654. The van der Waals surface area contributed by atoms with Crippen LogP contribution in [0.5, 0.6) is 0 Å². The third kappa shape index (κ3) is 3.20. The molecule has 0 saturated heterocycles. The molecule has 0 aliphatic heterocycles. The molecule has 0 radical (unpaired) electrons. The number of fused-ring (bicyclic) bond motifs is 5. The van der Waals surface area contributed by atoms with Crippen molar-refractivity contribution in [2.24, 2.45) is 5.92 Å². The highest BCUT2D eigenvalue weighted by Gasteiger charge is 2.25. The van der Waals surface area contributed by atoms with E-state index >= 15 is 0 Å². The highest BCUT2D eigenvalue weighted by Crippen LogP contribution is 2.39. The van der Waals surface area contributed by atoms with Crippen molar-refractivity contribution in [2.45, 2.75) is 70.0 Å². The second-order valence-corrected chi connectivity index (χ2v) is 10.2. The number of amides is 1. The van der Waals surface area contributed by atoms with Crippen LogP contribution in [0.25, 0.3) is 15.9 Å². The van der Waals surface area contributed by atoms with E-state index in [9.17, 15) is 4.79 Å². The third-order valence-corrected chi connectivity index (χ3v) is 8.07. The van der Waals surface area contributed by atoms with Gasteiger partial charge in [-0.25, -0.2) is 4.98 Å². The lowest BCUT2D eigenvalue weighted by molar-refractivity contribution is -0.119. The van der Waals surface area contributed by atoms with Crippen molar-refractivity contribution in [3.05, 3.63) is 16.3 Å². The fourth-order valence-corrected chi connectivity index (χ4v) is 6.74. The Bertz CT molecular complexity index is 1050. The van der Waals surface area contributed by atoms with Gasteiger partial charge in [-0.3, -0.25) is 9.20 Å². The van der Waals surface area contributed by atoms with E-state index in [1.54, 1.807) is 0 Å². The lowest BCUT2D eigenvalue weighted by Crippen LogP contribution is -2.33. The Morgan fingerprint density at radius 1 is 1.29 bits per heavy atom. The average Bonchev–Trinajstić information content (AvgIpc) is 3.37. The number of nitrogens with zero attached hydrogens (tertiary/aromatic N) is 4. The molecule has 5 rings (SSSR count). The standard InChI is InChI=1S/C20H25N5OS2/c1-11-7-8-14-15(9-11)28-19-17(14)18-23-24-20(25(18)12(2)21-19)27-10-16(26)22-13-5-3-4-6-13/h11,13H,3-10H2,1-2H3,(H,22,26)/t11-/m0/s1. The summed E-state index contributed by atoms with van der Waals surface area (Å²) in [5.41, 5.74) is 2.31. The van der Waals surface area contributed by atoms with Gasteiger partial charge in [0.2, 0.25) is 5.91 Å². The highest BCUT2D eigenvalue weighted by molar-refractivity contribution is 7.99. The predicted molar refractivity (Wildman–Crippen MR) is 113 cm³/mol. The zero-order valence-corrected chi connectivity index (χ0v) is 18.0. The molecule has 2 aliphatic carbocycles. The number of thiophene rings is 1. The van der Waals surface area contributed by atoms with Gasteiger partial charge in [0.1, 0.15) is 10.7 Å². The Hall–Kier alpha value is -1.67. The molecule has 2 aliphatic rings. The van der Waals surface area contributed by atoms with Crippen LogP contribution in [-0.2, 0) is 17.6 Å². The molecule has 3 heterocycles. The third-order valence-electron chi connectivity index (χ3n) is 5.99. The summed E-state index contributed by atoms with van der Waals surface area (Å²) < 4.78 is 2.03. The van der Waals surface area contributed by atoms with Gasteiger partial charge >= 0.3 is 0 Å². The number of hydrogen-bond donors (Lipinski definition) is 1. The Labute approximate surface area is 172 Å². The van der Waals surface area contributed by atoms with Crippen LogP contribution in [0.15, 0.2) is 5.16 Å². The van der Waals surface area contributed by atoms with E-state index < -0.39 is 0 Å². The maximum absolute atomic E-state index is 12.3. The number of carbonyl (C=O) groups excluding carboxylic acids is 1. The Kier molecular flexibility index (Phi) is 4.79. The predicted octanol–water partition coefficient (Wildman–Crippen LogP) is 3.92. The van der Waals surface area contributed by atoms with Crippen LogP contribution >= 0.6 is 23.1 Å². The molecule has 148 valence electrons. The SMILES string of the molecule is Cc1nc2sc3c(c2c2nnc(SCC(=O)NC4CCCC4)n12)CC[C@H](C)C3. The van der Waals surface area contributed by atoms with Gasteiger partial charge in [-0.05, 0) is 50.5 Å². The molecule has 0 aromatic carbocycles. The molecular weight excluding hydrogens is 390 g/mol. The monoisotopic (exact) mass is 415 g/mol. The van der Waals surface area contributed by atoms with Crippen molar-refractivity contribution in [3.8, 4) is 0 Å². The minimum atomic E-state index is 0.0854. The first kappa shape index (κ1) is 18.4. The van der Waals surface area contributed by atoms with Crippen LogP contribution in [0, 0.1) is 12.8 Å². The maximum atomic E-state index is 12.3. The molecule has 0 bridgehead atoms. The number of hydrogen-bond acceptors (Lipinski definition) is 6. The second-order valence-electron chi connectivity index (χ2n) is 8.17. The molecule has 1 atom stereocenters. The summed E-state index contributed by atoms with van der Waals surface area (Å²) >= 11 is 3.27. The fraction of sp³-hybridized carbons (Fsp3) is 0.600. The van der Waals surface area contributed by atoms with Crippen LogP contribution in [-0.4, -0.2) is 37.3 Å². The van der Waals surface area contributed by atoms with E-state index in [-0.39, 0.29) is 5.91 Å². The van der Waals surface area contributed by atoms with Crippen LogP contribution in [0.1, 0.15) is 55.3 Å². The van der Waals surface area contributed by atoms with Crippen molar-refractivity contribution in [1.29, 1.82) is 0 Å². The minimum absolute atomic E-state index is 0.0854. The second kappa shape index (κ2) is 7.30. The molecule has 3 aromatic rings. The largest absolute Gasteiger partial charge is 0.353 e. The van der Waals surface area contributed by atoms with Gasteiger partial charge in [-0.1, -0.05) is 31.5 Å². The normalized spacial score (nSPS) is 20.1. The average molecular weight is 416 g/mol. The lowest BCUT2D eigenvalue weighted by Gasteiger charge is -2.17. The van der Waals surface area contributed by atoms with Crippen LogP contribution in [0.4, 0.5) is 0 Å². The van der Waals surface area contributed by atoms with Gasteiger partial charge in [0.15, 0.2) is 10.8 Å². The van der Waals surface area contributed by atoms with E-state index in [2.05, 4.69) is 22.4 Å². The van der Waals surface area contributed by atoms with E-state index in [1.807, 2.05) is 22.7 Å². The smallest absolute Gasteiger partial charge is 0.230 e. The van der Waals surface area contributed by atoms with Gasteiger partial charge in [-0.15, -0.1) is 21.5 Å². The summed E-state index contributed by atoms with van der Waals surface area (Å²) in [5, 5.41) is 14.0. The first-order chi connectivity index (χ1) is 13.6. The molecule has 1 saturated carbocycles. The van der Waals surface area contributed by atoms with Crippen molar-refractivity contribution in [1.82, 2.24) is 24.9 Å². The van der Waals surface area contributed by atoms with Crippen molar-refractivity contribution >= 4 is 44.9 Å². The van der Waals surface area contributed by atoms with E-state index in [0.717, 1.165) is 53.1 Å². The molecule has 1 amide bonds. The maximum Gasteiger partial charge on any atom is 0.230 e. The molecular formula is C20H25N5OS2. The molecule has 0 spiro atoms. The summed E-state index contributed by atoms with van der Waals surface area (Å²) in [7, 11) is 0. The molecule has 1 fully saturated rings. The minimum Gasteiger partial charge on any atom is -0.353 e. The van der Waals surface area contributed by atoms with E-state index in [1.165, 1.54) is 46.9 Å². The Balaban J connectivity index is 1.44. The molecule has 28 heavy (non-hydrogen) atoms.